The topological polar surface area (TPSA) is 77.4 Å². The fraction of sp³-hybridized carbons (Fsp3) is 0.524. The van der Waals surface area contributed by atoms with Gasteiger partial charge in [-0.2, -0.15) is 0 Å². The van der Waals surface area contributed by atoms with Crippen LogP contribution in [-0.4, -0.2) is 49.0 Å². The Morgan fingerprint density at radius 3 is 2.67 bits per heavy atom. The predicted molar refractivity (Wildman–Crippen MR) is 98.6 cm³/mol. The molecular weight excluding hydrogens is 348 g/mol. The van der Waals surface area contributed by atoms with Gasteiger partial charge < -0.3 is 29.2 Å². The second-order valence-electron chi connectivity index (χ2n) is 7.60. The number of ether oxygens (including phenoxy) is 4. The van der Waals surface area contributed by atoms with Crippen molar-refractivity contribution in [1.29, 1.82) is 0 Å². The van der Waals surface area contributed by atoms with Crippen molar-refractivity contribution in [3.8, 4) is 11.5 Å². The summed E-state index contributed by atoms with van der Waals surface area (Å²) in [7, 11) is 3.05. The lowest BCUT2D eigenvalue weighted by Crippen LogP contribution is -2.59. The lowest BCUT2D eigenvalue weighted by Gasteiger charge is -2.46. The summed E-state index contributed by atoms with van der Waals surface area (Å²) < 4.78 is 22.4. The van der Waals surface area contributed by atoms with E-state index >= 15 is 0 Å². The van der Waals surface area contributed by atoms with Crippen LogP contribution in [0.1, 0.15) is 24.8 Å². The molecule has 2 aliphatic carbocycles. The second kappa shape index (κ2) is 6.26. The number of hydrogen-bond donors (Lipinski definition) is 2. The molecule has 2 bridgehead atoms. The molecule has 2 N–H and O–H groups in total. The van der Waals surface area contributed by atoms with Gasteiger partial charge in [0, 0.05) is 18.4 Å². The van der Waals surface area contributed by atoms with E-state index in [4.69, 9.17) is 18.9 Å². The summed E-state index contributed by atoms with van der Waals surface area (Å²) in [4.78, 5) is 0. The fourth-order valence-corrected chi connectivity index (χ4v) is 5.42. The monoisotopic (exact) mass is 374 g/mol. The standard InChI is InChI=1S/C21H26O6/c1-5-8-20-10-16(24-3)18(22)21(25-4,19(20)23)17(12(20)2)13-6-7-14-15(9-13)27-11-26-14/h5-7,9-10,12,17-19,22-23H,1,8,11H2,2-4H3/t12-,17+,18-,19+,20-,21+/m0/s1. The molecule has 0 aromatic heterocycles. The zero-order valence-electron chi connectivity index (χ0n) is 15.8. The Morgan fingerprint density at radius 1 is 1.26 bits per heavy atom. The Morgan fingerprint density at radius 2 is 2.00 bits per heavy atom. The molecule has 0 spiro atoms. The van der Waals surface area contributed by atoms with E-state index in [1.54, 1.807) is 6.08 Å². The van der Waals surface area contributed by atoms with E-state index in [-0.39, 0.29) is 18.6 Å². The van der Waals surface area contributed by atoms with E-state index in [0.717, 1.165) is 5.56 Å². The Kier molecular flexibility index (Phi) is 4.25. The average molecular weight is 374 g/mol. The first-order valence-electron chi connectivity index (χ1n) is 9.14. The number of aliphatic hydroxyl groups excluding tert-OH is 2. The second-order valence-corrected chi connectivity index (χ2v) is 7.60. The summed E-state index contributed by atoms with van der Waals surface area (Å²) in [5, 5.41) is 22.6. The number of benzene rings is 1. The van der Waals surface area contributed by atoms with Crippen LogP contribution >= 0.6 is 0 Å². The van der Waals surface area contributed by atoms with Gasteiger partial charge >= 0.3 is 0 Å². The third-order valence-electron chi connectivity index (χ3n) is 6.72. The number of rotatable bonds is 5. The Bertz CT molecular complexity index is 789. The minimum atomic E-state index is -1.24. The summed E-state index contributed by atoms with van der Waals surface area (Å²) in [5.41, 5.74) is -0.969. The number of allylic oxidation sites excluding steroid dienone is 1. The highest BCUT2D eigenvalue weighted by molar-refractivity contribution is 5.49. The maximum absolute atomic E-state index is 11.4. The molecule has 146 valence electrons. The zero-order valence-corrected chi connectivity index (χ0v) is 15.8. The molecule has 4 rings (SSSR count). The van der Waals surface area contributed by atoms with Crippen molar-refractivity contribution in [3.63, 3.8) is 0 Å². The molecule has 1 aromatic carbocycles. The number of fused-ring (bicyclic) bond motifs is 3. The summed E-state index contributed by atoms with van der Waals surface area (Å²) in [6.45, 7) is 6.14. The van der Waals surface area contributed by atoms with Crippen molar-refractivity contribution in [3.05, 3.63) is 48.3 Å². The Hall–Kier alpha value is -2.02. The van der Waals surface area contributed by atoms with E-state index in [0.29, 0.717) is 23.7 Å². The molecule has 1 fully saturated rings. The van der Waals surface area contributed by atoms with Gasteiger partial charge in [0.15, 0.2) is 11.5 Å². The van der Waals surface area contributed by atoms with Crippen molar-refractivity contribution < 1.29 is 29.2 Å². The van der Waals surface area contributed by atoms with Crippen LogP contribution in [-0.2, 0) is 9.47 Å². The van der Waals surface area contributed by atoms with Crippen molar-refractivity contribution in [2.75, 3.05) is 21.0 Å². The summed E-state index contributed by atoms with van der Waals surface area (Å²) in [6, 6.07) is 5.72. The molecule has 1 aliphatic heterocycles. The molecule has 6 nitrogen and oxygen atoms in total. The highest BCUT2D eigenvalue weighted by Crippen LogP contribution is 2.65. The third kappa shape index (κ3) is 2.18. The molecule has 27 heavy (non-hydrogen) atoms. The molecule has 0 unspecified atom stereocenters. The van der Waals surface area contributed by atoms with Crippen LogP contribution in [0.2, 0.25) is 0 Å². The highest BCUT2D eigenvalue weighted by Gasteiger charge is 2.71. The predicted octanol–water partition coefficient (Wildman–Crippen LogP) is 2.36. The van der Waals surface area contributed by atoms with E-state index in [1.807, 2.05) is 24.3 Å². The SMILES string of the molecule is C=CC[C@@]12C=C(OC)[C@H](O)[C@@](OC)([C@@H]1O)[C@@H](c1ccc3c(c1)OCO3)[C@@H]2C. The average Bonchev–Trinajstić information content (AvgIpc) is 3.18. The van der Waals surface area contributed by atoms with Crippen LogP contribution < -0.4 is 9.47 Å². The van der Waals surface area contributed by atoms with Gasteiger partial charge in [0.2, 0.25) is 6.79 Å². The van der Waals surface area contributed by atoms with Crippen LogP contribution in [0.4, 0.5) is 0 Å². The van der Waals surface area contributed by atoms with Crippen molar-refractivity contribution >= 4 is 0 Å². The number of hydrogen-bond acceptors (Lipinski definition) is 6. The summed E-state index contributed by atoms with van der Waals surface area (Å²) >= 11 is 0. The first-order chi connectivity index (χ1) is 13.0. The van der Waals surface area contributed by atoms with Crippen molar-refractivity contribution in [1.82, 2.24) is 0 Å². The smallest absolute Gasteiger partial charge is 0.231 e. The van der Waals surface area contributed by atoms with Gasteiger partial charge in [0.1, 0.15) is 17.5 Å². The normalized spacial score (nSPS) is 39.2. The van der Waals surface area contributed by atoms with E-state index < -0.39 is 23.2 Å². The molecule has 0 radical (unpaired) electrons. The maximum Gasteiger partial charge on any atom is 0.231 e. The van der Waals surface area contributed by atoms with Crippen LogP contribution in [0.5, 0.6) is 11.5 Å². The molecule has 6 heteroatoms. The van der Waals surface area contributed by atoms with Gasteiger partial charge in [-0.1, -0.05) is 19.1 Å². The summed E-state index contributed by atoms with van der Waals surface area (Å²) in [6.07, 6.45) is 2.18. The first-order valence-corrected chi connectivity index (χ1v) is 9.14. The van der Waals surface area contributed by atoms with Crippen molar-refractivity contribution in [2.24, 2.45) is 11.3 Å². The Labute approximate surface area is 159 Å². The Balaban J connectivity index is 1.91. The van der Waals surface area contributed by atoms with Crippen molar-refractivity contribution in [2.45, 2.75) is 37.1 Å². The first kappa shape index (κ1) is 18.3. The number of methoxy groups -OCH3 is 2. The van der Waals surface area contributed by atoms with E-state index in [1.165, 1.54) is 14.2 Å². The minimum absolute atomic E-state index is 0.0480. The molecule has 0 saturated heterocycles. The fourth-order valence-electron chi connectivity index (χ4n) is 5.42. The molecule has 1 aromatic rings. The van der Waals surface area contributed by atoms with Crippen LogP contribution in [0.15, 0.2) is 42.7 Å². The van der Waals surface area contributed by atoms with Gasteiger partial charge in [-0.3, -0.25) is 0 Å². The lowest BCUT2D eigenvalue weighted by molar-refractivity contribution is -0.179. The minimum Gasteiger partial charge on any atom is -0.499 e. The van der Waals surface area contributed by atoms with Crippen LogP contribution in [0.3, 0.4) is 0 Å². The van der Waals surface area contributed by atoms with Crippen LogP contribution in [0.25, 0.3) is 0 Å². The molecular formula is C21H26O6. The maximum atomic E-state index is 11.4. The largest absolute Gasteiger partial charge is 0.499 e. The van der Waals surface area contributed by atoms with Gasteiger partial charge in [0.05, 0.1) is 13.2 Å². The molecule has 3 aliphatic rings. The molecule has 1 saturated carbocycles. The summed E-state index contributed by atoms with van der Waals surface area (Å²) in [5.74, 6) is 1.43. The van der Waals surface area contributed by atoms with Crippen LogP contribution in [0, 0.1) is 11.3 Å². The highest BCUT2D eigenvalue weighted by atomic mass is 16.7. The molecule has 1 heterocycles. The van der Waals surface area contributed by atoms with E-state index in [2.05, 4.69) is 13.5 Å². The quantitative estimate of drug-likeness (QED) is 0.771. The molecule has 6 atom stereocenters. The number of aliphatic hydroxyl groups is 2. The van der Waals surface area contributed by atoms with Gasteiger partial charge in [-0.25, -0.2) is 0 Å². The van der Waals surface area contributed by atoms with E-state index in [9.17, 15) is 10.2 Å². The van der Waals surface area contributed by atoms with Gasteiger partial charge in [-0.05, 0) is 36.1 Å². The molecule has 0 amide bonds. The van der Waals surface area contributed by atoms with Gasteiger partial charge in [-0.15, -0.1) is 6.58 Å². The third-order valence-corrected chi connectivity index (χ3v) is 6.72. The lowest BCUT2D eigenvalue weighted by atomic mass is 9.69. The van der Waals surface area contributed by atoms with Gasteiger partial charge in [0.25, 0.3) is 0 Å². The zero-order chi connectivity index (χ0) is 19.4.